The Labute approximate surface area is 196 Å². The van der Waals surface area contributed by atoms with Crippen molar-refractivity contribution in [2.24, 2.45) is 11.8 Å². The normalized spacial score (nSPS) is 22.2. The van der Waals surface area contributed by atoms with E-state index in [1.54, 1.807) is 16.7 Å². The molecule has 152 valence electrons. The molecule has 0 aliphatic heterocycles. The Morgan fingerprint density at radius 2 is 1.23 bits per heavy atom. The quantitative estimate of drug-likeness (QED) is 0.301. The summed E-state index contributed by atoms with van der Waals surface area (Å²) < 4.78 is 2.26. The van der Waals surface area contributed by atoms with Gasteiger partial charge in [-0.15, -0.1) is 0 Å². The van der Waals surface area contributed by atoms with Crippen molar-refractivity contribution >= 4 is 31.9 Å². The first-order valence-electron chi connectivity index (χ1n) is 10.8. The number of fused-ring (bicyclic) bond motifs is 1. The second-order valence-electron chi connectivity index (χ2n) is 9.13. The van der Waals surface area contributed by atoms with Crippen LogP contribution in [0.4, 0.5) is 0 Å². The van der Waals surface area contributed by atoms with Crippen LogP contribution < -0.4 is 0 Å². The van der Waals surface area contributed by atoms with E-state index in [1.165, 1.54) is 28.7 Å². The van der Waals surface area contributed by atoms with Crippen LogP contribution in [0.15, 0.2) is 81.3 Å². The number of hydrogen-bond acceptors (Lipinski definition) is 0. The van der Waals surface area contributed by atoms with Gasteiger partial charge >= 0.3 is 0 Å². The van der Waals surface area contributed by atoms with E-state index in [9.17, 15) is 0 Å². The van der Waals surface area contributed by atoms with E-state index < -0.39 is 0 Å². The molecular formula is C28H26Br2. The molecule has 3 atom stereocenters. The molecule has 2 bridgehead atoms. The highest BCUT2D eigenvalue weighted by Gasteiger charge is 2.42. The predicted molar refractivity (Wildman–Crippen MR) is 135 cm³/mol. The van der Waals surface area contributed by atoms with Gasteiger partial charge in [0.2, 0.25) is 0 Å². The minimum Gasteiger partial charge on any atom is -0.0771 e. The summed E-state index contributed by atoms with van der Waals surface area (Å²) in [6.45, 7) is 7.13. The van der Waals surface area contributed by atoms with Crippen molar-refractivity contribution in [3.8, 4) is 22.3 Å². The minimum absolute atomic E-state index is 0.499. The Bertz CT molecular complexity index is 1120. The molecule has 0 saturated heterocycles. The van der Waals surface area contributed by atoms with Crippen LogP contribution in [0.2, 0.25) is 0 Å². The third-order valence-electron chi connectivity index (χ3n) is 7.10. The maximum atomic E-state index is 3.60. The molecule has 3 aromatic carbocycles. The van der Waals surface area contributed by atoms with E-state index in [0.717, 1.165) is 8.95 Å². The zero-order chi connectivity index (χ0) is 21.0. The second kappa shape index (κ2) is 7.80. The van der Waals surface area contributed by atoms with Crippen molar-refractivity contribution in [2.45, 2.75) is 39.0 Å². The average Bonchev–Trinajstić information content (AvgIpc) is 2.74. The van der Waals surface area contributed by atoms with Crippen molar-refractivity contribution < 1.29 is 0 Å². The molecule has 3 aliphatic rings. The van der Waals surface area contributed by atoms with E-state index in [-0.39, 0.29) is 0 Å². The fourth-order valence-electron chi connectivity index (χ4n) is 5.59. The first-order valence-corrected chi connectivity index (χ1v) is 12.4. The minimum atomic E-state index is 0.499. The molecule has 0 heterocycles. The predicted octanol–water partition coefficient (Wildman–Crippen LogP) is 9.35. The van der Waals surface area contributed by atoms with E-state index >= 15 is 0 Å². The van der Waals surface area contributed by atoms with Crippen molar-refractivity contribution in [1.29, 1.82) is 0 Å². The largest absolute Gasteiger partial charge is 0.0771 e. The van der Waals surface area contributed by atoms with Crippen molar-refractivity contribution in [3.63, 3.8) is 0 Å². The standard InChI is InChI=1S/C28H26Br2/c1-16(2)24-15-25-17(3)14-26(24)28-23(19-6-10-21(30)11-7-19)13-12-22(27(25)28)18-4-8-20(29)9-5-18/h4-14,16,24-26H,15H2,1-3H3. The molecule has 30 heavy (non-hydrogen) atoms. The van der Waals surface area contributed by atoms with Crippen molar-refractivity contribution in [1.82, 2.24) is 0 Å². The third kappa shape index (κ3) is 3.33. The lowest BCUT2D eigenvalue weighted by Gasteiger charge is -2.46. The molecule has 0 radical (unpaired) electrons. The summed E-state index contributed by atoms with van der Waals surface area (Å²) in [4.78, 5) is 0. The van der Waals surface area contributed by atoms with E-state index in [1.807, 2.05) is 0 Å². The van der Waals surface area contributed by atoms with Gasteiger partial charge in [-0.05, 0) is 82.8 Å². The van der Waals surface area contributed by atoms with Gasteiger partial charge in [-0.3, -0.25) is 0 Å². The number of hydrogen-bond donors (Lipinski definition) is 0. The first-order chi connectivity index (χ1) is 14.4. The Kier molecular flexibility index (Phi) is 5.27. The van der Waals surface area contributed by atoms with E-state index in [2.05, 4.69) is 119 Å². The summed E-state index contributed by atoms with van der Waals surface area (Å²) in [5, 5.41) is 0. The molecule has 3 aromatic rings. The topological polar surface area (TPSA) is 0 Å². The van der Waals surface area contributed by atoms with Gasteiger partial charge in [0.15, 0.2) is 0 Å². The lowest BCUT2D eigenvalue weighted by molar-refractivity contribution is 0.281. The number of benzene rings is 3. The van der Waals surface area contributed by atoms with Crippen LogP contribution in [-0.4, -0.2) is 0 Å². The zero-order valence-corrected chi connectivity index (χ0v) is 20.8. The fourth-order valence-corrected chi connectivity index (χ4v) is 6.12. The lowest BCUT2D eigenvalue weighted by Crippen LogP contribution is -2.32. The van der Waals surface area contributed by atoms with Gasteiger partial charge in [-0.25, -0.2) is 0 Å². The van der Waals surface area contributed by atoms with Crippen LogP contribution in [-0.2, 0) is 0 Å². The molecule has 3 unspecified atom stereocenters. The summed E-state index contributed by atoms with van der Waals surface area (Å²) >= 11 is 7.19. The molecule has 0 amide bonds. The van der Waals surface area contributed by atoms with Gasteiger partial charge in [0.05, 0.1) is 0 Å². The second-order valence-corrected chi connectivity index (χ2v) is 11.0. The van der Waals surface area contributed by atoms with Crippen LogP contribution in [0.3, 0.4) is 0 Å². The van der Waals surface area contributed by atoms with Gasteiger partial charge < -0.3 is 0 Å². The van der Waals surface area contributed by atoms with Crippen molar-refractivity contribution in [2.75, 3.05) is 0 Å². The van der Waals surface area contributed by atoms with Gasteiger partial charge in [-0.2, -0.15) is 0 Å². The van der Waals surface area contributed by atoms with Gasteiger partial charge in [0.1, 0.15) is 0 Å². The smallest absolute Gasteiger partial charge is 0.0175 e. The molecule has 2 heteroatoms. The zero-order valence-electron chi connectivity index (χ0n) is 17.6. The van der Waals surface area contributed by atoms with E-state index in [4.69, 9.17) is 0 Å². The number of halogens is 2. The molecular weight excluding hydrogens is 496 g/mol. The van der Waals surface area contributed by atoms with Crippen LogP contribution in [0.25, 0.3) is 22.3 Å². The monoisotopic (exact) mass is 520 g/mol. The van der Waals surface area contributed by atoms with Gasteiger partial charge in [-0.1, -0.05) is 93.8 Å². The maximum absolute atomic E-state index is 3.60. The lowest BCUT2D eigenvalue weighted by atomic mass is 9.58. The van der Waals surface area contributed by atoms with Crippen LogP contribution in [0.5, 0.6) is 0 Å². The average molecular weight is 522 g/mol. The molecule has 0 N–H and O–H groups in total. The Morgan fingerprint density at radius 1 is 0.733 bits per heavy atom. The Balaban J connectivity index is 1.78. The molecule has 0 aromatic heterocycles. The Hall–Kier alpha value is -1.64. The van der Waals surface area contributed by atoms with Gasteiger partial charge in [0.25, 0.3) is 0 Å². The molecule has 0 spiro atoms. The molecule has 0 saturated carbocycles. The highest BCUT2D eigenvalue weighted by Crippen LogP contribution is 2.58. The summed E-state index contributed by atoms with van der Waals surface area (Å²) in [7, 11) is 0. The van der Waals surface area contributed by atoms with Crippen LogP contribution in [0, 0.1) is 11.8 Å². The highest BCUT2D eigenvalue weighted by atomic mass is 79.9. The molecule has 6 rings (SSSR count). The van der Waals surface area contributed by atoms with Crippen LogP contribution in [0.1, 0.15) is 50.2 Å². The highest BCUT2D eigenvalue weighted by molar-refractivity contribution is 9.10. The Morgan fingerprint density at radius 3 is 1.73 bits per heavy atom. The molecule has 0 fully saturated rings. The third-order valence-corrected chi connectivity index (χ3v) is 8.15. The number of allylic oxidation sites excluding steroid dienone is 2. The summed E-state index contributed by atoms with van der Waals surface area (Å²) in [6.07, 6.45) is 3.85. The van der Waals surface area contributed by atoms with Gasteiger partial charge in [0, 0.05) is 20.8 Å². The molecule has 0 nitrogen and oxygen atoms in total. The summed E-state index contributed by atoms with van der Waals surface area (Å²) in [5.41, 5.74) is 10.1. The molecule has 3 aliphatic carbocycles. The maximum Gasteiger partial charge on any atom is 0.0175 e. The van der Waals surface area contributed by atoms with Crippen LogP contribution >= 0.6 is 31.9 Å². The SMILES string of the molecule is CC1=CC2c3c(-c4ccc(Br)cc4)ccc(-c4ccc(Br)cc4)c3C1CC2C(C)C. The number of rotatable bonds is 3. The summed E-state index contributed by atoms with van der Waals surface area (Å²) in [6, 6.07) is 22.4. The van der Waals surface area contributed by atoms with Crippen molar-refractivity contribution in [3.05, 3.63) is 92.4 Å². The first kappa shape index (κ1) is 20.3. The fraction of sp³-hybridized carbons (Fsp3) is 0.286. The summed E-state index contributed by atoms with van der Waals surface area (Å²) in [5.74, 6) is 2.41. The van der Waals surface area contributed by atoms with E-state index in [0.29, 0.717) is 23.7 Å².